The molecule has 1 rings (SSSR count). The summed E-state index contributed by atoms with van der Waals surface area (Å²) in [6.07, 6.45) is 1.86. The van der Waals surface area contributed by atoms with Gasteiger partial charge in [-0.15, -0.1) is 0 Å². The first-order valence-electron chi connectivity index (χ1n) is 6.73. The number of carbonyl (C=O) groups excluding carboxylic acids is 2. The van der Waals surface area contributed by atoms with Gasteiger partial charge in [0.25, 0.3) is 0 Å². The summed E-state index contributed by atoms with van der Waals surface area (Å²) in [6.45, 7) is 13.7. The lowest BCUT2D eigenvalue weighted by atomic mass is 9.75. The Morgan fingerprint density at radius 2 is 1.50 bits per heavy atom. The summed E-state index contributed by atoms with van der Waals surface area (Å²) >= 11 is 0. The molecule has 1 saturated carbocycles. The number of Topliss-reactive ketones (excluding diaryl/α,β-unsaturated/α-hetero) is 1. The van der Waals surface area contributed by atoms with E-state index in [2.05, 4.69) is 5.32 Å². The zero-order chi connectivity index (χ0) is 14.4. The van der Waals surface area contributed by atoms with Crippen molar-refractivity contribution < 1.29 is 9.59 Å². The number of amides is 1. The summed E-state index contributed by atoms with van der Waals surface area (Å²) in [5, 5.41) is 2.98. The van der Waals surface area contributed by atoms with Crippen molar-refractivity contribution in [2.45, 2.75) is 67.3 Å². The number of ketones is 1. The van der Waals surface area contributed by atoms with Gasteiger partial charge in [-0.25, -0.2) is 0 Å². The van der Waals surface area contributed by atoms with Gasteiger partial charge in [0.15, 0.2) is 5.78 Å². The van der Waals surface area contributed by atoms with Crippen LogP contribution in [0.1, 0.15) is 61.3 Å². The average molecular weight is 253 g/mol. The van der Waals surface area contributed by atoms with E-state index in [4.69, 9.17) is 0 Å². The van der Waals surface area contributed by atoms with Gasteiger partial charge in [0.05, 0.1) is 6.04 Å². The molecule has 1 fully saturated rings. The van der Waals surface area contributed by atoms with Crippen molar-refractivity contribution in [3.8, 4) is 0 Å². The minimum absolute atomic E-state index is 0.0278. The Balaban J connectivity index is 2.87. The Morgan fingerprint density at radius 3 is 1.78 bits per heavy atom. The minimum Gasteiger partial charge on any atom is -0.345 e. The predicted octanol–water partition coefficient (Wildman–Crippen LogP) is 2.93. The highest BCUT2D eigenvalue weighted by atomic mass is 16.2. The van der Waals surface area contributed by atoms with Crippen LogP contribution in [0.15, 0.2) is 0 Å². The minimum atomic E-state index is -0.435. The fraction of sp³-hybridized carbons (Fsp3) is 0.867. The zero-order valence-electron chi connectivity index (χ0n) is 12.8. The molecule has 0 aromatic heterocycles. The van der Waals surface area contributed by atoms with E-state index in [1.165, 1.54) is 0 Å². The largest absolute Gasteiger partial charge is 0.345 e. The van der Waals surface area contributed by atoms with Crippen molar-refractivity contribution >= 4 is 11.7 Å². The molecule has 1 unspecified atom stereocenters. The molecule has 3 heteroatoms. The smallest absolute Gasteiger partial charge is 0.226 e. The van der Waals surface area contributed by atoms with Crippen LogP contribution in [0.3, 0.4) is 0 Å². The lowest BCUT2D eigenvalue weighted by molar-refractivity contribution is -0.137. The number of rotatable bonds is 3. The van der Waals surface area contributed by atoms with E-state index in [1.54, 1.807) is 0 Å². The van der Waals surface area contributed by atoms with Gasteiger partial charge in [0.2, 0.25) is 5.91 Å². The van der Waals surface area contributed by atoms with Gasteiger partial charge in [0, 0.05) is 10.8 Å². The average Bonchev–Trinajstić information content (AvgIpc) is 2.89. The predicted molar refractivity (Wildman–Crippen MR) is 73.2 cm³/mol. The Bertz CT molecular complexity index is 354. The Labute approximate surface area is 111 Å². The van der Waals surface area contributed by atoms with Crippen LogP contribution in [0, 0.1) is 16.2 Å². The maximum absolute atomic E-state index is 12.5. The third-order valence-corrected chi connectivity index (χ3v) is 3.69. The summed E-state index contributed by atoms with van der Waals surface area (Å²) in [5.41, 5.74) is -0.928. The molecule has 1 atom stereocenters. The molecule has 0 spiro atoms. The molecular weight excluding hydrogens is 226 g/mol. The Morgan fingerprint density at radius 1 is 1.06 bits per heavy atom. The highest BCUT2D eigenvalue weighted by molar-refractivity contribution is 5.95. The number of nitrogens with one attached hydrogen (secondary N) is 1. The van der Waals surface area contributed by atoms with Crippen LogP contribution in [0.4, 0.5) is 0 Å². The second kappa shape index (κ2) is 4.36. The second-order valence-electron chi connectivity index (χ2n) is 7.95. The van der Waals surface area contributed by atoms with Gasteiger partial charge in [-0.2, -0.15) is 0 Å². The quantitative estimate of drug-likeness (QED) is 0.840. The number of carbonyl (C=O) groups is 2. The summed E-state index contributed by atoms with van der Waals surface area (Å²) in [4.78, 5) is 24.6. The van der Waals surface area contributed by atoms with Gasteiger partial charge < -0.3 is 5.32 Å². The first kappa shape index (κ1) is 15.2. The molecule has 3 nitrogen and oxygen atoms in total. The van der Waals surface area contributed by atoms with Crippen LogP contribution in [-0.2, 0) is 9.59 Å². The monoisotopic (exact) mass is 253 g/mol. The van der Waals surface area contributed by atoms with Crippen LogP contribution in [-0.4, -0.2) is 17.7 Å². The van der Waals surface area contributed by atoms with Gasteiger partial charge >= 0.3 is 0 Å². The molecule has 0 aromatic carbocycles. The van der Waals surface area contributed by atoms with Gasteiger partial charge in [-0.1, -0.05) is 48.5 Å². The normalized spacial score (nSPS) is 20.2. The fourth-order valence-corrected chi connectivity index (χ4v) is 1.83. The zero-order valence-corrected chi connectivity index (χ0v) is 12.8. The molecule has 1 N–H and O–H groups in total. The number of hydrogen-bond acceptors (Lipinski definition) is 2. The van der Waals surface area contributed by atoms with Crippen molar-refractivity contribution in [3.63, 3.8) is 0 Å². The van der Waals surface area contributed by atoms with Crippen molar-refractivity contribution in [1.82, 2.24) is 5.32 Å². The van der Waals surface area contributed by atoms with Crippen LogP contribution >= 0.6 is 0 Å². The molecule has 0 saturated heterocycles. The molecular formula is C15H27NO2. The van der Waals surface area contributed by atoms with Gasteiger partial charge in [0.1, 0.15) is 0 Å². The summed E-state index contributed by atoms with van der Waals surface area (Å²) in [6, 6.07) is -0.414. The SMILES string of the molecule is CC(C)(C)C(=O)C(NC(=O)C1(C)CC1)C(C)(C)C. The molecule has 104 valence electrons. The Hall–Kier alpha value is -0.860. The van der Waals surface area contributed by atoms with Gasteiger partial charge in [-0.3, -0.25) is 9.59 Å². The summed E-state index contributed by atoms with van der Waals surface area (Å²) < 4.78 is 0. The lowest BCUT2D eigenvalue weighted by Crippen LogP contribution is -2.54. The van der Waals surface area contributed by atoms with E-state index in [-0.39, 0.29) is 22.5 Å². The molecule has 1 aliphatic carbocycles. The van der Waals surface area contributed by atoms with E-state index in [9.17, 15) is 9.59 Å². The third-order valence-electron chi connectivity index (χ3n) is 3.69. The standard InChI is InChI=1S/C15H27NO2/c1-13(2,3)10(11(17)14(4,5)6)16-12(18)15(7)8-9-15/h10H,8-9H2,1-7H3,(H,16,18). The fourth-order valence-electron chi connectivity index (χ4n) is 1.83. The van der Waals surface area contributed by atoms with Crippen LogP contribution < -0.4 is 5.32 Å². The Kier molecular flexibility index (Phi) is 3.68. The highest BCUT2D eigenvalue weighted by Crippen LogP contribution is 2.45. The van der Waals surface area contributed by atoms with Gasteiger partial charge in [-0.05, 0) is 18.3 Å². The molecule has 18 heavy (non-hydrogen) atoms. The summed E-state index contributed by atoms with van der Waals surface area (Å²) in [7, 11) is 0. The number of hydrogen-bond donors (Lipinski definition) is 1. The molecule has 1 amide bonds. The molecule has 1 aliphatic rings. The van der Waals surface area contributed by atoms with Crippen molar-refractivity contribution in [2.24, 2.45) is 16.2 Å². The molecule has 0 aromatic rings. The van der Waals surface area contributed by atoms with Crippen molar-refractivity contribution in [2.75, 3.05) is 0 Å². The van der Waals surface area contributed by atoms with E-state index in [0.717, 1.165) is 12.8 Å². The van der Waals surface area contributed by atoms with E-state index < -0.39 is 11.5 Å². The van der Waals surface area contributed by atoms with Crippen LogP contribution in [0.2, 0.25) is 0 Å². The van der Waals surface area contributed by atoms with Crippen LogP contribution in [0.25, 0.3) is 0 Å². The van der Waals surface area contributed by atoms with E-state index >= 15 is 0 Å². The van der Waals surface area contributed by atoms with E-state index in [1.807, 2.05) is 48.5 Å². The first-order valence-corrected chi connectivity index (χ1v) is 6.73. The summed E-state index contributed by atoms with van der Waals surface area (Å²) in [5.74, 6) is 0.132. The maximum atomic E-state index is 12.5. The van der Waals surface area contributed by atoms with Crippen LogP contribution in [0.5, 0.6) is 0 Å². The molecule has 0 radical (unpaired) electrons. The van der Waals surface area contributed by atoms with E-state index in [0.29, 0.717) is 0 Å². The van der Waals surface area contributed by atoms with Crippen molar-refractivity contribution in [1.29, 1.82) is 0 Å². The molecule has 0 heterocycles. The van der Waals surface area contributed by atoms with Crippen molar-refractivity contribution in [3.05, 3.63) is 0 Å². The molecule has 0 bridgehead atoms. The first-order chi connectivity index (χ1) is 7.88. The maximum Gasteiger partial charge on any atom is 0.226 e. The topological polar surface area (TPSA) is 46.2 Å². The second-order valence-corrected chi connectivity index (χ2v) is 7.95. The molecule has 0 aliphatic heterocycles. The highest BCUT2D eigenvalue weighted by Gasteiger charge is 2.48. The third kappa shape index (κ3) is 3.33. The lowest BCUT2D eigenvalue weighted by Gasteiger charge is -2.35.